The van der Waals surface area contributed by atoms with E-state index in [1.807, 2.05) is 0 Å². The van der Waals surface area contributed by atoms with Gasteiger partial charge in [-0.2, -0.15) is 0 Å². The third kappa shape index (κ3) is 2.23. The van der Waals surface area contributed by atoms with Crippen LogP contribution in [0.15, 0.2) is 5.18 Å². The van der Waals surface area contributed by atoms with Gasteiger partial charge in [0.05, 0.1) is 5.88 Å². The average molecular weight is 156 g/mol. The summed E-state index contributed by atoms with van der Waals surface area (Å²) >= 11 is 9.89. The molecule has 1 unspecified atom stereocenters. The first kappa shape index (κ1) is 7.85. The van der Waals surface area contributed by atoms with Crippen molar-refractivity contribution in [1.82, 2.24) is 0 Å². The molecule has 0 fully saturated rings. The molecule has 0 saturated heterocycles. The van der Waals surface area contributed by atoms with E-state index in [2.05, 4.69) is 5.18 Å². The van der Waals surface area contributed by atoms with Crippen LogP contribution in [0.5, 0.6) is 0 Å². The van der Waals surface area contributed by atoms with E-state index in [1.54, 1.807) is 0 Å². The van der Waals surface area contributed by atoms with Crippen LogP contribution in [0, 0.1) is 4.91 Å². The van der Waals surface area contributed by atoms with Crippen LogP contribution in [0.2, 0.25) is 0 Å². The Kier molecular flexibility index (Phi) is 3.73. The Morgan fingerprint density at radius 1 is 1.75 bits per heavy atom. The lowest BCUT2D eigenvalue weighted by Gasteiger charge is -1.91. The summed E-state index contributed by atoms with van der Waals surface area (Å²) < 4.78 is 0. The lowest BCUT2D eigenvalue weighted by Crippen LogP contribution is -2.13. The Balaban J connectivity index is 3.69. The van der Waals surface area contributed by atoms with Gasteiger partial charge < -0.3 is 0 Å². The second-order valence-corrected chi connectivity index (χ2v) is 1.76. The number of hydrogen-bond acceptors (Lipinski definition) is 3. The number of nitrogens with zero attached hydrogens (tertiary/aromatic N) is 1. The molecule has 0 aliphatic heterocycles. The quantitative estimate of drug-likeness (QED) is 0.349. The van der Waals surface area contributed by atoms with Crippen LogP contribution in [0.3, 0.4) is 0 Å². The van der Waals surface area contributed by atoms with Gasteiger partial charge in [-0.05, 0) is 11.6 Å². The largest absolute Gasteiger partial charge is 0.279 e. The Bertz CT molecular complexity index is 105. The number of carbonyl (C=O) groups is 1. The molecule has 8 heavy (non-hydrogen) atoms. The smallest absolute Gasteiger partial charge is 0.251 e. The fourth-order valence-corrected chi connectivity index (χ4v) is 0.523. The molecular weight excluding hydrogens is 153 g/mol. The van der Waals surface area contributed by atoms with E-state index < -0.39 is 11.3 Å². The van der Waals surface area contributed by atoms with E-state index in [4.69, 9.17) is 23.2 Å². The summed E-state index contributed by atoms with van der Waals surface area (Å²) in [7, 11) is 0. The Labute approximate surface area is 55.9 Å². The maximum atomic E-state index is 9.99. The highest BCUT2D eigenvalue weighted by Gasteiger charge is 2.13. The zero-order valence-electron chi connectivity index (χ0n) is 3.80. The summed E-state index contributed by atoms with van der Waals surface area (Å²) in [6.45, 7) is 0. The molecule has 0 saturated carbocycles. The van der Waals surface area contributed by atoms with Crippen LogP contribution in [-0.4, -0.2) is 17.2 Å². The minimum atomic E-state index is -1.08. The first-order valence-electron chi connectivity index (χ1n) is 1.80. The molecule has 0 aliphatic rings. The molecule has 0 bridgehead atoms. The first-order chi connectivity index (χ1) is 3.72. The summed E-state index contributed by atoms with van der Waals surface area (Å²) in [4.78, 5) is 19.5. The minimum absolute atomic E-state index is 0.147. The molecule has 0 spiro atoms. The lowest BCUT2D eigenvalue weighted by molar-refractivity contribution is -0.112. The Morgan fingerprint density at radius 3 is 2.25 bits per heavy atom. The van der Waals surface area contributed by atoms with Crippen molar-refractivity contribution in [2.24, 2.45) is 5.18 Å². The number of nitroso groups, excluding NO2 is 1. The molecule has 0 radical (unpaired) electrons. The third-order valence-electron chi connectivity index (χ3n) is 0.535. The molecule has 0 rings (SSSR count). The van der Waals surface area contributed by atoms with Crippen molar-refractivity contribution in [1.29, 1.82) is 0 Å². The summed E-state index contributed by atoms with van der Waals surface area (Å²) in [5.74, 6) is -0.147. The fourth-order valence-electron chi connectivity index (χ4n) is 0.130. The van der Waals surface area contributed by atoms with Gasteiger partial charge in [-0.1, -0.05) is 5.18 Å². The molecule has 5 heteroatoms. The average Bonchev–Trinajstić information content (AvgIpc) is 1.69. The molecule has 0 aromatic carbocycles. The van der Waals surface area contributed by atoms with E-state index in [-0.39, 0.29) is 5.88 Å². The number of alkyl halides is 1. The van der Waals surface area contributed by atoms with Gasteiger partial charge in [-0.25, -0.2) is 0 Å². The SMILES string of the molecule is O=NC(CCl)C(=O)Cl. The highest BCUT2D eigenvalue weighted by atomic mass is 35.5. The molecular formula is C3H3Cl2NO2. The molecule has 0 aromatic heterocycles. The van der Waals surface area contributed by atoms with Crippen molar-refractivity contribution >= 4 is 28.4 Å². The minimum Gasteiger partial charge on any atom is -0.279 e. The lowest BCUT2D eigenvalue weighted by atomic mass is 10.4. The van der Waals surface area contributed by atoms with Gasteiger partial charge in [0.25, 0.3) is 5.24 Å². The van der Waals surface area contributed by atoms with Gasteiger partial charge in [0.15, 0.2) is 6.04 Å². The summed E-state index contributed by atoms with van der Waals surface area (Å²) in [6, 6.07) is -1.08. The van der Waals surface area contributed by atoms with Crippen molar-refractivity contribution in [3.8, 4) is 0 Å². The highest BCUT2D eigenvalue weighted by molar-refractivity contribution is 6.65. The number of carbonyl (C=O) groups excluding carboxylic acids is 1. The number of hydrogen-bond donors (Lipinski definition) is 0. The maximum absolute atomic E-state index is 9.99. The first-order valence-corrected chi connectivity index (χ1v) is 2.71. The molecule has 0 N–H and O–H groups in total. The predicted molar refractivity (Wildman–Crippen MR) is 31.2 cm³/mol. The van der Waals surface area contributed by atoms with Crippen molar-refractivity contribution in [2.45, 2.75) is 6.04 Å². The van der Waals surface area contributed by atoms with Gasteiger partial charge in [-0.15, -0.1) is 16.5 Å². The molecule has 0 amide bonds. The Morgan fingerprint density at radius 2 is 2.25 bits per heavy atom. The molecule has 0 aliphatic carbocycles. The van der Waals surface area contributed by atoms with Gasteiger partial charge in [0.1, 0.15) is 0 Å². The zero-order valence-corrected chi connectivity index (χ0v) is 5.32. The van der Waals surface area contributed by atoms with Gasteiger partial charge >= 0.3 is 0 Å². The van der Waals surface area contributed by atoms with Gasteiger partial charge in [0.2, 0.25) is 0 Å². The van der Waals surface area contributed by atoms with Crippen molar-refractivity contribution in [2.75, 3.05) is 5.88 Å². The highest BCUT2D eigenvalue weighted by Crippen LogP contribution is 1.98. The van der Waals surface area contributed by atoms with Crippen LogP contribution in [0.4, 0.5) is 0 Å². The fraction of sp³-hybridized carbons (Fsp3) is 0.667. The van der Waals surface area contributed by atoms with Crippen LogP contribution >= 0.6 is 23.2 Å². The number of rotatable bonds is 3. The molecule has 1 atom stereocenters. The van der Waals surface area contributed by atoms with Crippen LogP contribution < -0.4 is 0 Å². The molecule has 46 valence electrons. The van der Waals surface area contributed by atoms with Crippen LogP contribution in [0.1, 0.15) is 0 Å². The molecule has 3 nitrogen and oxygen atoms in total. The molecule has 0 aromatic rings. The Hall–Kier alpha value is -0.150. The predicted octanol–water partition coefficient (Wildman–Crippen LogP) is 1.13. The van der Waals surface area contributed by atoms with E-state index in [0.29, 0.717) is 0 Å². The van der Waals surface area contributed by atoms with Crippen molar-refractivity contribution in [3.05, 3.63) is 4.91 Å². The monoisotopic (exact) mass is 155 g/mol. The summed E-state index contributed by atoms with van der Waals surface area (Å²) in [5, 5.41) is 1.53. The number of halogens is 2. The van der Waals surface area contributed by atoms with Gasteiger partial charge in [0, 0.05) is 0 Å². The van der Waals surface area contributed by atoms with E-state index in [0.717, 1.165) is 0 Å². The van der Waals surface area contributed by atoms with Crippen molar-refractivity contribution in [3.63, 3.8) is 0 Å². The van der Waals surface area contributed by atoms with E-state index >= 15 is 0 Å². The van der Waals surface area contributed by atoms with Crippen molar-refractivity contribution < 1.29 is 4.79 Å². The second kappa shape index (κ2) is 3.80. The standard InChI is InChI=1S/C3H3Cl2NO2/c4-1-2(6-8)3(5)7/h2H,1H2. The van der Waals surface area contributed by atoms with E-state index in [9.17, 15) is 9.70 Å². The second-order valence-electron chi connectivity index (χ2n) is 1.08. The summed E-state index contributed by atoms with van der Waals surface area (Å²) in [5.41, 5.74) is 0. The zero-order chi connectivity index (χ0) is 6.57. The normalized spacial score (nSPS) is 12.8. The van der Waals surface area contributed by atoms with Gasteiger partial charge in [-0.3, -0.25) is 4.79 Å². The summed E-state index contributed by atoms with van der Waals surface area (Å²) in [6.07, 6.45) is 0. The third-order valence-corrected chi connectivity index (χ3v) is 1.08. The van der Waals surface area contributed by atoms with Crippen LogP contribution in [0.25, 0.3) is 0 Å². The van der Waals surface area contributed by atoms with Crippen LogP contribution in [-0.2, 0) is 4.79 Å². The van der Waals surface area contributed by atoms with E-state index in [1.165, 1.54) is 0 Å². The molecule has 0 heterocycles. The maximum Gasteiger partial charge on any atom is 0.251 e. The topological polar surface area (TPSA) is 46.5 Å².